The SMILES string of the molecule is Cc1cn(CC(=O)NCc2ccc(Cl)cc2)c2cc(-c3noc(C(F)(F)F)n3)ccc12. The molecule has 0 saturated heterocycles. The molecule has 160 valence electrons. The van der Waals surface area contributed by atoms with Crippen LogP contribution in [-0.2, 0) is 24.1 Å². The minimum atomic E-state index is -4.71. The summed E-state index contributed by atoms with van der Waals surface area (Å²) in [5.41, 5.74) is 2.87. The number of carbonyl (C=O) groups excluding carboxylic acids is 1. The second-order valence-electron chi connectivity index (χ2n) is 7.00. The van der Waals surface area contributed by atoms with E-state index in [2.05, 4.69) is 20.0 Å². The molecular formula is C21H16ClF3N4O2. The van der Waals surface area contributed by atoms with Gasteiger partial charge in [0.1, 0.15) is 6.54 Å². The molecule has 0 radical (unpaired) electrons. The highest BCUT2D eigenvalue weighted by atomic mass is 35.5. The Morgan fingerprint density at radius 2 is 1.94 bits per heavy atom. The van der Waals surface area contributed by atoms with Crippen molar-refractivity contribution >= 4 is 28.4 Å². The van der Waals surface area contributed by atoms with Gasteiger partial charge < -0.3 is 14.4 Å². The van der Waals surface area contributed by atoms with E-state index in [0.29, 0.717) is 22.6 Å². The first-order chi connectivity index (χ1) is 14.7. The molecule has 1 N–H and O–H groups in total. The fourth-order valence-corrected chi connectivity index (χ4v) is 3.34. The zero-order valence-corrected chi connectivity index (χ0v) is 17.0. The van der Waals surface area contributed by atoms with E-state index in [9.17, 15) is 18.0 Å². The van der Waals surface area contributed by atoms with Gasteiger partial charge in [0.2, 0.25) is 11.7 Å². The minimum absolute atomic E-state index is 0.0431. The first kappa shape index (κ1) is 20.9. The van der Waals surface area contributed by atoms with E-state index in [1.807, 2.05) is 25.3 Å². The van der Waals surface area contributed by atoms with Crippen LogP contribution in [0, 0.1) is 6.92 Å². The van der Waals surface area contributed by atoms with Crippen molar-refractivity contribution in [2.45, 2.75) is 26.2 Å². The Hall–Kier alpha value is -3.33. The van der Waals surface area contributed by atoms with E-state index in [1.165, 1.54) is 0 Å². The first-order valence-corrected chi connectivity index (χ1v) is 9.60. The number of nitrogens with zero attached hydrogens (tertiary/aromatic N) is 3. The molecule has 10 heteroatoms. The van der Waals surface area contributed by atoms with Crippen LogP contribution in [0.3, 0.4) is 0 Å². The molecule has 0 fully saturated rings. The first-order valence-electron chi connectivity index (χ1n) is 9.22. The number of amides is 1. The summed E-state index contributed by atoms with van der Waals surface area (Å²) >= 11 is 5.86. The third kappa shape index (κ3) is 4.56. The van der Waals surface area contributed by atoms with Crippen LogP contribution in [0.4, 0.5) is 13.2 Å². The van der Waals surface area contributed by atoms with Gasteiger partial charge in [0.15, 0.2) is 0 Å². The summed E-state index contributed by atoms with van der Waals surface area (Å²) in [6.45, 7) is 2.28. The van der Waals surface area contributed by atoms with Crippen molar-refractivity contribution in [1.82, 2.24) is 20.0 Å². The van der Waals surface area contributed by atoms with Gasteiger partial charge in [-0.2, -0.15) is 18.2 Å². The number of nitrogens with one attached hydrogen (secondary N) is 1. The number of carbonyl (C=O) groups is 1. The molecule has 0 spiro atoms. The summed E-state index contributed by atoms with van der Waals surface area (Å²) in [5.74, 6) is -1.79. The molecule has 0 aliphatic heterocycles. The van der Waals surface area contributed by atoms with Gasteiger partial charge in [0.05, 0.1) is 0 Å². The molecule has 0 aliphatic rings. The number of hydrogen-bond donors (Lipinski definition) is 1. The van der Waals surface area contributed by atoms with Gasteiger partial charge in [-0.15, -0.1) is 0 Å². The molecule has 0 unspecified atom stereocenters. The number of alkyl halides is 3. The molecule has 31 heavy (non-hydrogen) atoms. The summed E-state index contributed by atoms with van der Waals surface area (Å²) in [5, 5.41) is 7.75. The number of benzene rings is 2. The van der Waals surface area contributed by atoms with Crippen LogP contribution in [-0.4, -0.2) is 20.6 Å². The van der Waals surface area contributed by atoms with Gasteiger partial charge >= 0.3 is 12.1 Å². The minimum Gasteiger partial charge on any atom is -0.350 e. The fraction of sp³-hybridized carbons (Fsp3) is 0.190. The van der Waals surface area contributed by atoms with Crippen molar-refractivity contribution in [2.24, 2.45) is 0 Å². The van der Waals surface area contributed by atoms with Gasteiger partial charge in [-0.05, 0) is 36.2 Å². The third-order valence-electron chi connectivity index (χ3n) is 4.73. The number of fused-ring (bicyclic) bond motifs is 1. The Morgan fingerprint density at radius 3 is 2.61 bits per heavy atom. The summed E-state index contributed by atoms with van der Waals surface area (Å²) in [6.07, 6.45) is -2.90. The molecule has 6 nitrogen and oxygen atoms in total. The van der Waals surface area contributed by atoms with E-state index in [4.69, 9.17) is 11.6 Å². The second-order valence-corrected chi connectivity index (χ2v) is 7.43. The van der Waals surface area contributed by atoms with E-state index in [-0.39, 0.29) is 18.3 Å². The Bertz CT molecular complexity index is 1250. The molecule has 0 bridgehead atoms. The Labute approximate surface area is 179 Å². The van der Waals surface area contributed by atoms with Crippen molar-refractivity contribution in [3.8, 4) is 11.4 Å². The van der Waals surface area contributed by atoms with Crippen molar-refractivity contribution < 1.29 is 22.5 Å². The standard InChI is InChI=1S/C21H16ClF3N4O2/c1-12-10-29(11-18(30)26-9-13-2-5-15(22)6-3-13)17-8-14(4-7-16(12)17)19-27-20(31-28-19)21(23,24)25/h2-8,10H,9,11H2,1H3,(H,26,30). The number of rotatable bonds is 5. The maximum atomic E-state index is 12.7. The quantitative estimate of drug-likeness (QED) is 0.467. The smallest absolute Gasteiger partial charge is 0.350 e. The van der Waals surface area contributed by atoms with Crippen LogP contribution >= 0.6 is 11.6 Å². The van der Waals surface area contributed by atoms with Gasteiger partial charge in [-0.25, -0.2) is 0 Å². The molecule has 0 saturated carbocycles. The highest BCUT2D eigenvalue weighted by Gasteiger charge is 2.38. The van der Waals surface area contributed by atoms with Crippen LogP contribution in [0.1, 0.15) is 17.0 Å². The summed E-state index contributed by atoms with van der Waals surface area (Å²) in [4.78, 5) is 15.9. The van der Waals surface area contributed by atoms with Gasteiger partial charge in [-0.3, -0.25) is 4.79 Å². The zero-order valence-electron chi connectivity index (χ0n) is 16.2. The van der Waals surface area contributed by atoms with Gasteiger partial charge in [0.25, 0.3) is 0 Å². The number of halogens is 4. The molecule has 2 heterocycles. The third-order valence-corrected chi connectivity index (χ3v) is 4.98. The fourth-order valence-electron chi connectivity index (χ4n) is 3.21. The summed E-state index contributed by atoms with van der Waals surface area (Å²) in [7, 11) is 0. The lowest BCUT2D eigenvalue weighted by atomic mass is 10.1. The molecular weight excluding hydrogens is 433 g/mol. The van der Waals surface area contributed by atoms with E-state index in [0.717, 1.165) is 16.5 Å². The highest BCUT2D eigenvalue weighted by molar-refractivity contribution is 6.30. The van der Waals surface area contributed by atoms with E-state index >= 15 is 0 Å². The molecule has 0 aliphatic carbocycles. The summed E-state index contributed by atoms with van der Waals surface area (Å²) < 4.78 is 44.3. The molecule has 1 amide bonds. The van der Waals surface area contributed by atoms with E-state index < -0.39 is 12.1 Å². The highest BCUT2D eigenvalue weighted by Crippen LogP contribution is 2.31. The number of hydrogen-bond acceptors (Lipinski definition) is 4. The Balaban J connectivity index is 1.55. The largest absolute Gasteiger partial charge is 0.471 e. The van der Waals surface area contributed by atoms with Crippen LogP contribution < -0.4 is 5.32 Å². The van der Waals surface area contributed by atoms with E-state index in [1.54, 1.807) is 34.9 Å². The van der Waals surface area contributed by atoms with Gasteiger partial charge in [0, 0.05) is 34.2 Å². The maximum Gasteiger partial charge on any atom is 0.471 e. The lowest BCUT2D eigenvalue weighted by molar-refractivity contribution is -0.159. The van der Waals surface area contributed by atoms with Crippen LogP contribution in [0.5, 0.6) is 0 Å². The average molecular weight is 449 g/mol. The predicted molar refractivity (Wildman–Crippen MR) is 108 cm³/mol. The number of aryl methyl sites for hydroxylation is 1. The van der Waals surface area contributed by atoms with Crippen LogP contribution in [0.25, 0.3) is 22.3 Å². The molecule has 4 aromatic rings. The van der Waals surface area contributed by atoms with Crippen LogP contribution in [0.15, 0.2) is 53.2 Å². The number of aromatic nitrogens is 3. The lowest BCUT2D eigenvalue weighted by Gasteiger charge is -2.08. The average Bonchev–Trinajstić information content (AvgIpc) is 3.33. The van der Waals surface area contributed by atoms with Crippen molar-refractivity contribution in [1.29, 1.82) is 0 Å². The molecule has 2 aromatic carbocycles. The molecule has 0 atom stereocenters. The lowest BCUT2D eigenvalue weighted by Crippen LogP contribution is -2.26. The molecule has 4 rings (SSSR count). The normalized spacial score (nSPS) is 11.8. The summed E-state index contributed by atoms with van der Waals surface area (Å²) in [6, 6.07) is 12.1. The monoisotopic (exact) mass is 448 g/mol. The topological polar surface area (TPSA) is 73.0 Å². The van der Waals surface area contributed by atoms with Gasteiger partial charge in [-0.1, -0.05) is 41.0 Å². The van der Waals surface area contributed by atoms with Crippen LogP contribution in [0.2, 0.25) is 5.02 Å². The van der Waals surface area contributed by atoms with Crippen molar-refractivity contribution in [3.05, 3.63) is 70.7 Å². The Kier molecular flexibility index (Phi) is 5.45. The van der Waals surface area contributed by atoms with Crippen molar-refractivity contribution in [3.63, 3.8) is 0 Å². The predicted octanol–water partition coefficient (Wildman–Crippen LogP) is 4.99. The maximum absolute atomic E-state index is 12.7. The molecule has 2 aromatic heterocycles. The Morgan fingerprint density at radius 1 is 1.19 bits per heavy atom. The second kappa shape index (κ2) is 8.07. The van der Waals surface area contributed by atoms with Crippen molar-refractivity contribution in [2.75, 3.05) is 0 Å². The zero-order chi connectivity index (χ0) is 22.2.